The van der Waals surface area contributed by atoms with Crippen molar-refractivity contribution in [2.75, 3.05) is 6.54 Å². The van der Waals surface area contributed by atoms with Gasteiger partial charge in [0.2, 0.25) is 0 Å². The molecule has 2 aromatic carbocycles. The molecule has 5 heteroatoms. The van der Waals surface area contributed by atoms with Gasteiger partial charge in [0.15, 0.2) is 0 Å². The van der Waals surface area contributed by atoms with E-state index in [-0.39, 0.29) is 5.91 Å². The molecule has 4 nitrogen and oxygen atoms in total. The van der Waals surface area contributed by atoms with Gasteiger partial charge in [0, 0.05) is 11.6 Å². The molecule has 0 aliphatic heterocycles. The van der Waals surface area contributed by atoms with Crippen molar-refractivity contribution in [1.29, 1.82) is 0 Å². The van der Waals surface area contributed by atoms with Crippen LogP contribution in [-0.2, 0) is 6.42 Å². The number of hydrogen-bond acceptors (Lipinski definition) is 3. The molecule has 0 saturated carbocycles. The predicted molar refractivity (Wildman–Crippen MR) is 87.0 cm³/mol. The van der Waals surface area contributed by atoms with Crippen LogP contribution in [0.5, 0.6) is 0 Å². The molecule has 3 rings (SSSR count). The molecule has 1 amide bonds. The molecule has 0 bridgehead atoms. The molecular formula is C17H14ClN3O. The number of carbonyl (C=O) groups excluding carboxylic acids is 1. The lowest BCUT2D eigenvalue weighted by Crippen LogP contribution is -2.26. The summed E-state index contributed by atoms with van der Waals surface area (Å²) in [4.78, 5) is 20.7. The summed E-state index contributed by atoms with van der Waals surface area (Å²) in [7, 11) is 0. The number of nitrogens with one attached hydrogen (secondary N) is 1. The highest BCUT2D eigenvalue weighted by atomic mass is 35.5. The third kappa shape index (κ3) is 3.40. The van der Waals surface area contributed by atoms with Gasteiger partial charge in [-0.25, -0.2) is 4.98 Å². The number of aromatic nitrogens is 2. The van der Waals surface area contributed by atoms with Gasteiger partial charge in [0.05, 0.1) is 17.2 Å². The molecule has 3 aromatic rings. The lowest BCUT2D eigenvalue weighted by Gasteiger charge is -2.06. The number of para-hydroxylation sites is 2. The van der Waals surface area contributed by atoms with Crippen molar-refractivity contribution in [2.24, 2.45) is 0 Å². The maximum Gasteiger partial charge on any atom is 0.271 e. The summed E-state index contributed by atoms with van der Waals surface area (Å²) >= 11 is 5.93. The molecule has 0 atom stereocenters. The van der Waals surface area contributed by atoms with Crippen molar-refractivity contribution in [2.45, 2.75) is 6.42 Å². The number of benzene rings is 2. The topological polar surface area (TPSA) is 54.9 Å². The van der Waals surface area contributed by atoms with E-state index in [0.29, 0.717) is 29.2 Å². The van der Waals surface area contributed by atoms with E-state index >= 15 is 0 Å². The van der Waals surface area contributed by atoms with Crippen molar-refractivity contribution in [3.05, 3.63) is 71.0 Å². The normalized spacial score (nSPS) is 10.6. The highest BCUT2D eigenvalue weighted by Gasteiger charge is 2.08. The monoisotopic (exact) mass is 311 g/mol. The van der Waals surface area contributed by atoms with Crippen LogP contribution in [0.3, 0.4) is 0 Å². The van der Waals surface area contributed by atoms with E-state index in [1.807, 2.05) is 48.5 Å². The first-order valence-electron chi connectivity index (χ1n) is 6.97. The lowest BCUT2D eigenvalue weighted by molar-refractivity contribution is 0.0949. The summed E-state index contributed by atoms with van der Waals surface area (Å²) in [6, 6.07) is 15.1. The second-order valence-corrected chi connectivity index (χ2v) is 5.32. The van der Waals surface area contributed by atoms with Gasteiger partial charge in [-0.15, -0.1) is 0 Å². The van der Waals surface area contributed by atoms with Gasteiger partial charge in [-0.1, -0.05) is 35.9 Å². The van der Waals surface area contributed by atoms with Crippen LogP contribution in [0.4, 0.5) is 0 Å². The number of carbonyl (C=O) groups is 1. The van der Waals surface area contributed by atoms with E-state index in [2.05, 4.69) is 15.3 Å². The van der Waals surface area contributed by atoms with Crippen LogP contribution < -0.4 is 5.32 Å². The maximum absolute atomic E-state index is 12.1. The third-order valence-electron chi connectivity index (χ3n) is 3.27. The van der Waals surface area contributed by atoms with E-state index < -0.39 is 0 Å². The predicted octanol–water partition coefficient (Wildman–Crippen LogP) is 3.26. The molecule has 110 valence electrons. The first-order chi connectivity index (χ1) is 10.7. The number of amides is 1. The smallest absolute Gasteiger partial charge is 0.271 e. The Balaban J connectivity index is 1.63. The number of fused-ring (bicyclic) bond motifs is 1. The number of nitrogens with zero attached hydrogens (tertiary/aromatic N) is 2. The first-order valence-corrected chi connectivity index (χ1v) is 7.34. The maximum atomic E-state index is 12.1. The summed E-state index contributed by atoms with van der Waals surface area (Å²) in [6.45, 7) is 0.522. The van der Waals surface area contributed by atoms with Crippen LogP contribution in [0.15, 0.2) is 54.7 Å². The molecule has 0 radical (unpaired) electrons. The number of halogens is 1. The largest absolute Gasteiger partial charge is 0.350 e. The Bertz CT molecular complexity index is 820. The molecule has 0 unspecified atom stereocenters. The molecular weight excluding hydrogens is 298 g/mol. The Kier molecular flexibility index (Phi) is 4.30. The van der Waals surface area contributed by atoms with Crippen molar-refractivity contribution in [1.82, 2.24) is 15.3 Å². The Morgan fingerprint density at radius 2 is 1.91 bits per heavy atom. The zero-order valence-electron chi connectivity index (χ0n) is 11.8. The summed E-state index contributed by atoms with van der Waals surface area (Å²) < 4.78 is 0. The highest BCUT2D eigenvalue weighted by Crippen LogP contribution is 2.11. The first kappa shape index (κ1) is 14.5. The van der Waals surface area contributed by atoms with Crippen LogP contribution in [0.2, 0.25) is 5.02 Å². The minimum absolute atomic E-state index is 0.222. The summed E-state index contributed by atoms with van der Waals surface area (Å²) in [5.74, 6) is -0.222. The fourth-order valence-corrected chi connectivity index (χ4v) is 2.38. The second kappa shape index (κ2) is 6.54. The molecule has 0 spiro atoms. The summed E-state index contributed by atoms with van der Waals surface area (Å²) in [6.07, 6.45) is 2.21. The SMILES string of the molecule is O=C(NCCc1cccc(Cl)c1)c1cnc2ccccc2n1. The van der Waals surface area contributed by atoms with Crippen LogP contribution in [0.25, 0.3) is 11.0 Å². The molecule has 1 heterocycles. The molecule has 1 aromatic heterocycles. The van der Waals surface area contributed by atoms with Crippen LogP contribution in [0.1, 0.15) is 16.1 Å². The van der Waals surface area contributed by atoms with Crippen LogP contribution >= 0.6 is 11.6 Å². The zero-order chi connectivity index (χ0) is 15.4. The van der Waals surface area contributed by atoms with E-state index in [0.717, 1.165) is 11.1 Å². The Morgan fingerprint density at radius 1 is 1.09 bits per heavy atom. The standard InChI is InChI=1S/C17H14ClN3O/c18-13-5-3-4-12(10-13)8-9-19-17(22)16-11-20-14-6-1-2-7-15(14)21-16/h1-7,10-11H,8-9H2,(H,19,22). The van der Waals surface area contributed by atoms with Gasteiger partial charge in [0.25, 0.3) is 5.91 Å². The minimum Gasteiger partial charge on any atom is -0.350 e. The van der Waals surface area contributed by atoms with Crippen molar-refractivity contribution in [3.8, 4) is 0 Å². The van der Waals surface area contributed by atoms with Gasteiger partial charge in [0.1, 0.15) is 5.69 Å². The van der Waals surface area contributed by atoms with Gasteiger partial charge >= 0.3 is 0 Å². The Hall–Kier alpha value is -2.46. The third-order valence-corrected chi connectivity index (χ3v) is 3.50. The lowest BCUT2D eigenvalue weighted by atomic mass is 10.1. The van der Waals surface area contributed by atoms with Crippen LogP contribution in [0, 0.1) is 0 Å². The minimum atomic E-state index is -0.222. The van der Waals surface area contributed by atoms with Gasteiger partial charge in [-0.3, -0.25) is 9.78 Å². The molecule has 0 aliphatic carbocycles. The number of hydrogen-bond donors (Lipinski definition) is 1. The molecule has 1 N–H and O–H groups in total. The molecule has 0 saturated heterocycles. The summed E-state index contributed by atoms with van der Waals surface area (Å²) in [5.41, 5.74) is 2.89. The van der Waals surface area contributed by atoms with Gasteiger partial charge in [-0.2, -0.15) is 0 Å². The average Bonchev–Trinajstić information content (AvgIpc) is 2.54. The van der Waals surface area contributed by atoms with E-state index in [9.17, 15) is 4.79 Å². The van der Waals surface area contributed by atoms with E-state index in [1.165, 1.54) is 6.20 Å². The molecule has 0 fully saturated rings. The van der Waals surface area contributed by atoms with Crippen molar-refractivity contribution < 1.29 is 4.79 Å². The fraction of sp³-hybridized carbons (Fsp3) is 0.118. The zero-order valence-corrected chi connectivity index (χ0v) is 12.5. The Labute approximate surface area is 133 Å². The van der Waals surface area contributed by atoms with E-state index in [1.54, 1.807) is 0 Å². The van der Waals surface area contributed by atoms with Crippen molar-refractivity contribution >= 4 is 28.5 Å². The van der Waals surface area contributed by atoms with Gasteiger partial charge < -0.3 is 5.32 Å². The summed E-state index contributed by atoms with van der Waals surface area (Å²) in [5, 5.41) is 3.55. The molecule has 22 heavy (non-hydrogen) atoms. The quantitative estimate of drug-likeness (QED) is 0.804. The molecule has 0 aliphatic rings. The second-order valence-electron chi connectivity index (χ2n) is 4.88. The highest BCUT2D eigenvalue weighted by molar-refractivity contribution is 6.30. The van der Waals surface area contributed by atoms with E-state index in [4.69, 9.17) is 11.6 Å². The van der Waals surface area contributed by atoms with Gasteiger partial charge in [-0.05, 0) is 36.2 Å². The number of rotatable bonds is 4. The average molecular weight is 312 g/mol. The van der Waals surface area contributed by atoms with Crippen LogP contribution in [-0.4, -0.2) is 22.4 Å². The fourth-order valence-electron chi connectivity index (χ4n) is 2.17. The Morgan fingerprint density at radius 3 is 2.73 bits per heavy atom. The van der Waals surface area contributed by atoms with Crippen molar-refractivity contribution in [3.63, 3.8) is 0 Å².